The second-order valence-electron chi connectivity index (χ2n) is 20.4. The highest BCUT2D eigenvalue weighted by Gasteiger charge is 2.47. The number of ether oxygens (including phenoxy) is 4. The number of carboxylic acid groups (broad SMARTS) is 2. The third-order valence-electron chi connectivity index (χ3n) is 13.3. The van der Waals surface area contributed by atoms with Crippen LogP contribution >= 0.6 is 22.7 Å². The van der Waals surface area contributed by atoms with Crippen LogP contribution in [-0.4, -0.2) is 171 Å². The van der Waals surface area contributed by atoms with E-state index in [4.69, 9.17) is 18.9 Å². The molecule has 2 aliphatic heterocycles. The van der Waals surface area contributed by atoms with Crippen molar-refractivity contribution >= 4 is 96.0 Å². The summed E-state index contributed by atoms with van der Waals surface area (Å²) in [7, 11) is 5.53. The summed E-state index contributed by atoms with van der Waals surface area (Å²) in [5.74, 6) is 1.06. The molecule has 6 aromatic rings. The van der Waals surface area contributed by atoms with Crippen LogP contribution in [0, 0.1) is 30.5 Å². The number of aromatic nitrogens is 4. The number of aryl methyl sites for hydroxylation is 2. The standard InChI is InChI=1S/C57H61FN10O14S2/c1-32-28-43(64-65-52(32)63-56-61-37-11-6-7-12-41(37)83-56)66(3)57-62-48(53(75)76)42(84-57)13-9-25-80-39-16-14-34(29-36(39)58)10-8-24-68(4,5)31-35-15-17-40(81-55-50(74)49(73)33(2)51(82-55)54(77)78)38(30-35)60-45(70)20-22-59-44(69)21-26-79-27-23-67-46(71)18-19-47(67)72/h6-7,11-12,14-19,28-30,33,49-51,55,73-74H,9,13,20-27,31H2,1-5H3,(H4-,59,60,61,63,65,69,70,75,76,77,78)/p+1/t33-,49-,50+,51-,55+/m0/s1. The maximum absolute atomic E-state index is 15.4. The molecule has 0 aliphatic carbocycles. The Morgan fingerprint density at radius 3 is 2.39 bits per heavy atom. The number of thiazole rings is 2. The van der Waals surface area contributed by atoms with Crippen molar-refractivity contribution in [3.05, 3.63) is 112 Å². The Hall–Kier alpha value is -8.49. The fraction of sp³-hybridized carbons (Fsp3) is 0.368. The molecule has 1 fully saturated rings. The number of para-hydroxylation sites is 1. The Morgan fingerprint density at radius 1 is 0.905 bits per heavy atom. The molecule has 0 radical (unpaired) electrons. The first-order chi connectivity index (χ1) is 40.1. The summed E-state index contributed by atoms with van der Waals surface area (Å²) in [4.78, 5) is 85.6. The van der Waals surface area contributed by atoms with Crippen LogP contribution in [0.15, 0.2) is 78.9 Å². The number of aliphatic hydroxyl groups is 2. The van der Waals surface area contributed by atoms with Gasteiger partial charge in [0.2, 0.25) is 18.1 Å². The van der Waals surface area contributed by atoms with Gasteiger partial charge in [-0.05, 0) is 85.8 Å². The molecule has 0 saturated carbocycles. The van der Waals surface area contributed by atoms with Gasteiger partial charge in [0.25, 0.3) is 11.8 Å². The number of benzene rings is 3. The van der Waals surface area contributed by atoms with Gasteiger partial charge >= 0.3 is 11.9 Å². The Balaban J connectivity index is 0.830. The second kappa shape index (κ2) is 27.7. The number of anilines is 5. The number of quaternary nitrogens is 1. The smallest absolute Gasteiger partial charge is 0.355 e. The zero-order valence-electron chi connectivity index (χ0n) is 46.4. The number of nitrogens with zero attached hydrogens (tertiary/aromatic N) is 7. The number of imide groups is 1. The van der Waals surface area contributed by atoms with E-state index in [1.807, 2.05) is 51.4 Å². The van der Waals surface area contributed by atoms with Crippen molar-refractivity contribution in [3.63, 3.8) is 0 Å². The van der Waals surface area contributed by atoms with Gasteiger partial charge in [-0.2, -0.15) is 0 Å². The van der Waals surface area contributed by atoms with Crippen LogP contribution in [0.2, 0.25) is 0 Å². The number of hydrogen-bond donors (Lipinski definition) is 7. The van der Waals surface area contributed by atoms with E-state index >= 15 is 4.39 Å². The third-order valence-corrected chi connectivity index (χ3v) is 15.5. The summed E-state index contributed by atoms with van der Waals surface area (Å²) in [6, 6.07) is 18.8. The van der Waals surface area contributed by atoms with E-state index in [0.29, 0.717) is 57.3 Å². The second-order valence-corrected chi connectivity index (χ2v) is 22.4. The monoisotopic (exact) mass is 1190 g/mol. The minimum atomic E-state index is -1.65. The van der Waals surface area contributed by atoms with Crippen LogP contribution in [0.5, 0.6) is 11.5 Å². The van der Waals surface area contributed by atoms with E-state index in [-0.39, 0.29) is 79.7 Å². The van der Waals surface area contributed by atoms with Gasteiger partial charge in [0.1, 0.15) is 24.9 Å². The molecular formula is C57H62FN10O14S2+. The van der Waals surface area contributed by atoms with Crippen LogP contribution in [0.1, 0.15) is 58.2 Å². The molecule has 3 aromatic carbocycles. The Labute approximate surface area is 489 Å². The Morgan fingerprint density at radius 2 is 1.67 bits per heavy atom. The summed E-state index contributed by atoms with van der Waals surface area (Å²) >= 11 is 2.70. The number of nitrogens with one attached hydrogen (secondary N) is 3. The fourth-order valence-electron chi connectivity index (χ4n) is 8.79. The molecule has 27 heteroatoms. The lowest BCUT2D eigenvalue weighted by Gasteiger charge is -2.39. The lowest BCUT2D eigenvalue weighted by atomic mass is 9.91. The van der Waals surface area contributed by atoms with E-state index in [0.717, 1.165) is 32.8 Å². The average molecular weight is 1190 g/mol. The molecule has 1 saturated heterocycles. The summed E-state index contributed by atoms with van der Waals surface area (Å²) in [6.45, 7) is 4.02. The molecule has 5 atom stereocenters. The molecule has 2 aliphatic rings. The largest absolute Gasteiger partial charge is 0.491 e. The first-order valence-electron chi connectivity index (χ1n) is 26.5. The molecule has 0 bridgehead atoms. The van der Waals surface area contributed by atoms with E-state index in [2.05, 4.69) is 48.0 Å². The number of carbonyl (C=O) groups excluding carboxylic acids is 4. The SMILES string of the molecule is Cc1cc(N(C)c2nc(C(=O)O)c(CCCOc3ccc(C#CC[N+](C)(C)Cc4ccc(O[C@@H]5O[C@H](C(=O)O)[C@@H](C)[C@H](O)[C@H]5O)c(NC(=O)CCNC(=O)CCOCCN5C(=O)C=CC5=O)c4)cc3F)s2)nnc1Nc1nc2ccccc2s1. The lowest BCUT2D eigenvalue weighted by Crippen LogP contribution is -2.57. The highest BCUT2D eigenvalue weighted by molar-refractivity contribution is 7.22. The predicted molar refractivity (Wildman–Crippen MR) is 307 cm³/mol. The molecule has 3 aromatic heterocycles. The van der Waals surface area contributed by atoms with Crippen molar-refractivity contribution in [2.75, 3.05) is 76.1 Å². The van der Waals surface area contributed by atoms with Crippen LogP contribution in [-0.2, 0) is 46.4 Å². The zero-order chi connectivity index (χ0) is 60.2. The van der Waals surface area contributed by atoms with Crippen LogP contribution in [0.25, 0.3) is 10.2 Å². The minimum absolute atomic E-state index is 0.00302. The number of fused-ring (bicyclic) bond motifs is 1. The maximum Gasteiger partial charge on any atom is 0.355 e. The highest BCUT2D eigenvalue weighted by Crippen LogP contribution is 2.35. The number of aliphatic hydroxyl groups excluding tert-OH is 2. The number of carbonyl (C=O) groups is 6. The number of carboxylic acids is 2. The first kappa shape index (κ1) is 61.6. The fourth-order valence-corrected chi connectivity index (χ4v) is 10.7. The van der Waals surface area contributed by atoms with Gasteiger partial charge in [-0.15, -0.1) is 21.5 Å². The number of amides is 4. The van der Waals surface area contributed by atoms with Crippen LogP contribution in [0.4, 0.5) is 32.0 Å². The third kappa shape index (κ3) is 16.0. The number of halogens is 1. The number of hydrogen-bond acceptors (Lipinski definition) is 20. The molecule has 8 rings (SSSR count). The van der Waals surface area contributed by atoms with Gasteiger partial charge in [0, 0.05) is 60.5 Å². The van der Waals surface area contributed by atoms with Crippen LogP contribution < -0.4 is 30.3 Å². The van der Waals surface area contributed by atoms with Gasteiger partial charge in [0.15, 0.2) is 45.3 Å². The first-order valence-corrected chi connectivity index (χ1v) is 28.1. The number of aromatic carboxylic acids is 1. The normalized spacial score (nSPS) is 17.6. The summed E-state index contributed by atoms with van der Waals surface area (Å²) in [6.07, 6.45) is -3.56. The molecule has 84 heavy (non-hydrogen) atoms. The quantitative estimate of drug-likeness (QED) is 0.0160. The van der Waals surface area contributed by atoms with Crippen molar-refractivity contribution in [1.82, 2.24) is 30.4 Å². The van der Waals surface area contributed by atoms with Gasteiger partial charge in [-0.1, -0.05) is 36.3 Å². The predicted octanol–water partition coefficient (Wildman–Crippen LogP) is 5.16. The van der Waals surface area contributed by atoms with Crippen molar-refractivity contribution in [2.24, 2.45) is 5.92 Å². The molecule has 442 valence electrons. The summed E-state index contributed by atoms with van der Waals surface area (Å²) in [5.41, 5.74) is 2.76. The summed E-state index contributed by atoms with van der Waals surface area (Å²) in [5, 5.41) is 59.6. The van der Waals surface area contributed by atoms with Gasteiger partial charge < -0.3 is 64.7 Å². The molecule has 0 unspecified atom stereocenters. The molecule has 5 heterocycles. The molecule has 4 amide bonds. The average Bonchev–Trinajstić information content (AvgIpc) is 4.30. The van der Waals surface area contributed by atoms with E-state index in [1.165, 1.54) is 47.8 Å². The van der Waals surface area contributed by atoms with Crippen molar-refractivity contribution in [2.45, 2.75) is 70.7 Å². The molecule has 24 nitrogen and oxygen atoms in total. The van der Waals surface area contributed by atoms with E-state index in [9.17, 15) is 49.2 Å². The van der Waals surface area contributed by atoms with Gasteiger partial charge in [-0.25, -0.2) is 23.9 Å². The highest BCUT2D eigenvalue weighted by atomic mass is 32.1. The minimum Gasteiger partial charge on any atom is -0.491 e. The van der Waals surface area contributed by atoms with Crippen molar-refractivity contribution in [1.29, 1.82) is 0 Å². The zero-order valence-corrected chi connectivity index (χ0v) is 48.0. The topological polar surface area (TPSA) is 314 Å². The van der Waals surface area contributed by atoms with E-state index < -0.39 is 71.9 Å². The van der Waals surface area contributed by atoms with Crippen LogP contribution in [0.3, 0.4) is 0 Å². The Bertz CT molecular complexity index is 3480. The number of aliphatic carboxylic acids is 1. The van der Waals surface area contributed by atoms with Gasteiger partial charge in [-0.3, -0.25) is 24.1 Å². The molecular weight excluding hydrogens is 1130 g/mol. The van der Waals surface area contributed by atoms with Gasteiger partial charge in [0.05, 0.1) is 62.5 Å². The maximum atomic E-state index is 15.4. The van der Waals surface area contributed by atoms with Crippen molar-refractivity contribution in [3.8, 4) is 23.3 Å². The van der Waals surface area contributed by atoms with Crippen molar-refractivity contribution < 1.29 is 77.0 Å². The van der Waals surface area contributed by atoms with E-state index in [1.54, 1.807) is 30.1 Å². The summed E-state index contributed by atoms with van der Waals surface area (Å²) < 4.78 is 39.4. The molecule has 0 spiro atoms. The molecule has 7 N–H and O–H groups in total. The number of rotatable bonds is 26. The lowest BCUT2D eigenvalue weighted by molar-refractivity contribution is -0.896. The Kier molecular flexibility index (Phi) is 20.3.